The van der Waals surface area contributed by atoms with Gasteiger partial charge in [-0.05, 0) is 96.8 Å². The third kappa shape index (κ3) is 19.8. The molecule has 0 amide bonds. The number of nitro benzene ring substituents is 4. The number of aryl methyl sites for hydroxylation is 2. The highest BCUT2D eigenvalue weighted by Crippen LogP contribution is 2.45. The van der Waals surface area contributed by atoms with E-state index in [0.29, 0.717) is 44.9 Å². The first-order valence-corrected chi connectivity index (χ1v) is 30.4. The molecule has 32 nitrogen and oxygen atoms in total. The number of H-pyrrole nitrogens is 2. The van der Waals surface area contributed by atoms with E-state index in [9.17, 15) is 77.2 Å². The van der Waals surface area contributed by atoms with Crippen molar-refractivity contribution in [3.05, 3.63) is 219 Å². The summed E-state index contributed by atoms with van der Waals surface area (Å²) < 4.78 is 118. The van der Waals surface area contributed by atoms with Crippen molar-refractivity contribution < 1.29 is 113 Å². The lowest BCUT2D eigenvalue weighted by molar-refractivity contribution is -0.387. The lowest BCUT2D eigenvalue weighted by Gasteiger charge is -2.13. The van der Waals surface area contributed by atoms with E-state index in [-0.39, 0.29) is 122 Å². The second-order valence-corrected chi connectivity index (χ2v) is 22.0. The number of hydrogen-bond donors (Lipinski definition) is 4. The number of hydrogen-bond acceptors (Lipinski definition) is 26. The van der Waals surface area contributed by atoms with Gasteiger partial charge in [0.2, 0.25) is 23.1 Å². The number of nitro groups is 4. The first kappa shape index (κ1) is 79.4. The Kier molecular flexibility index (Phi) is 26.6. The van der Waals surface area contributed by atoms with Gasteiger partial charge in [-0.3, -0.25) is 59.6 Å². The van der Waals surface area contributed by atoms with Gasteiger partial charge in [-0.2, -0.15) is 8.78 Å². The molecule has 0 spiro atoms. The molecule has 556 valence electrons. The Hall–Kier alpha value is -14.0. The molecule has 0 radical (unpaired) electrons. The fourth-order valence-corrected chi connectivity index (χ4v) is 9.87. The molecule has 2 aromatic heterocycles. The van der Waals surface area contributed by atoms with Gasteiger partial charge in [0.15, 0.2) is 63.3 Å². The van der Waals surface area contributed by atoms with Crippen molar-refractivity contribution in [3.8, 4) is 69.0 Å². The van der Waals surface area contributed by atoms with E-state index in [1.54, 1.807) is 62.4 Å². The van der Waals surface area contributed by atoms with Crippen LogP contribution < -0.4 is 49.4 Å². The van der Waals surface area contributed by atoms with Crippen LogP contribution in [0.1, 0.15) is 33.6 Å². The zero-order valence-corrected chi connectivity index (χ0v) is 57.6. The SMILES string of the molecule is COC(=O)Cc1ccc(Oc2cc(F)c(N)cc2[N+](=O)[O-])c(OC)c1.COC(=O)Cc1ccc(Oc2cc(F)c([N+](=O)[O-])c3cc(C)[nH]c23)c(OC)c1.COC(=O)Cc1ccc(Oc2cc(F)c([N+](=O)[O-])cc2N)c(OC)c1.COC(=O)Cc1ccc(Oc2cc(F)c3[nH]c(C)cc3c2[N+](=O)[O-])c(OC)c1. The summed E-state index contributed by atoms with van der Waals surface area (Å²) in [7, 11) is 10.7. The maximum Gasteiger partial charge on any atom is 0.321 e. The highest BCUT2D eigenvalue weighted by molar-refractivity contribution is 5.95. The number of halogens is 4. The summed E-state index contributed by atoms with van der Waals surface area (Å²) in [6, 6.07) is 27.0. The number of nitrogen functional groups attached to an aromatic ring is 2. The van der Waals surface area contributed by atoms with Crippen LogP contribution in [0.3, 0.4) is 0 Å². The summed E-state index contributed by atoms with van der Waals surface area (Å²) in [4.78, 5) is 92.9. The molecule has 0 bridgehead atoms. The molecule has 106 heavy (non-hydrogen) atoms. The second-order valence-electron chi connectivity index (χ2n) is 22.0. The molecule has 0 aliphatic rings. The van der Waals surface area contributed by atoms with E-state index in [2.05, 4.69) is 28.9 Å². The number of nitrogens with one attached hydrogen (secondary N) is 2. The van der Waals surface area contributed by atoms with Crippen LogP contribution >= 0.6 is 0 Å². The number of aromatic amines is 2. The van der Waals surface area contributed by atoms with Crippen LogP contribution in [0.5, 0.6) is 69.0 Å². The Labute approximate surface area is 596 Å². The number of nitrogens with two attached hydrogens (primary N) is 2. The van der Waals surface area contributed by atoms with Gasteiger partial charge in [0.25, 0.3) is 0 Å². The predicted octanol–water partition coefficient (Wildman–Crippen LogP) is 13.7. The molecular weight excluding hydrogens is 1410 g/mol. The Morgan fingerprint density at radius 2 is 0.679 bits per heavy atom. The number of aromatic nitrogens is 2. The molecule has 2 heterocycles. The fourth-order valence-electron chi connectivity index (χ4n) is 9.87. The topological polar surface area (TPSA) is 435 Å². The number of carbonyl (C=O) groups is 4. The summed E-state index contributed by atoms with van der Waals surface area (Å²) in [5.41, 5.74) is 12.4. The van der Waals surface area contributed by atoms with Gasteiger partial charge in [0.1, 0.15) is 5.82 Å². The van der Waals surface area contributed by atoms with Gasteiger partial charge in [-0.1, -0.05) is 24.3 Å². The molecule has 6 N–H and O–H groups in total. The maximum atomic E-state index is 14.4. The van der Waals surface area contributed by atoms with Crippen LogP contribution in [0.15, 0.2) is 121 Å². The van der Waals surface area contributed by atoms with Crippen LogP contribution in [0.25, 0.3) is 21.8 Å². The van der Waals surface area contributed by atoms with Crippen molar-refractivity contribution in [2.45, 2.75) is 39.5 Å². The summed E-state index contributed by atoms with van der Waals surface area (Å²) in [6.45, 7) is 3.38. The van der Waals surface area contributed by atoms with Crippen LogP contribution in [0.4, 0.5) is 51.7 Å². The Morgan fingerprint density at radius 3 is 1.06 bits per heavy atom. The van der Waals surface area contributed by atoms with Crippen molar-refractivity contribution in [2.75, 3.05) is 68.3 Å². The summed E-state index contributed by atoms with van der Waals surface area (Å²) in [6.07, 6.45) is 0.140. The number of anilines is 2. The summed E-state index contributed by atoms with van der Waals surface area (Å²) >= 11 is 0. The fraction of sp³-hybridized carbons (Fsp3) is 0.200. The van der Waals surface area contributed by atoms with E-state index in [0.717, 1.165) is 36.4 Å². The number of esters is 4. The van der Waals surface area contributed by atoms with E-state index in [1.165, 1.54) is 93.3 Å². The highest BCUT2D eigenvalue weighted by Gasteiger charge is 2.29. The van der Waals surface area contributed by atoms with Gasteiger partial charge in [-0.15, -0.1) is 0 Å². The molecular formula is C70H64F4N8O24. The van der Waals surface area contributed by atoms with Gasteiger partial charge in [-0.25, -0.2) is 8.78 Å². The monoisotopic (exact) mass is 1480 g/mol. The first-order chi connectivity index (χ1) is 50.4. The Balaban J connectivity index is 0.000000198. The molecule has 8 aromatic carbocycles. The largest absolute Gasteiger partial charge is 0.493 e. The van der Waals surface area contributed by atoms with E-state index in [1.807, 2.05) is 0 Å². The molecule has 0 aliphatic heterocycles. The van der Waals surface area contributed by atoms with Gasteiger partial charge >= 0.3 is 46.6 Å². The number of benzene rings is 8. The second kappa shape index (κ2) is 35.6. The van der Waals surface area contributed by atoms with Gasteiger partial charge < -0.3 is 78.3 Å². The average molecular weight is 1480 g/mol. The molecule has 36 heteroatoms. The van der Waals surface area contributed by atoms with Crippen molar-refractivity contribution >= 4 is 79.8 Å². The summed E-state index contributed by atoms with van der Waals surface area (Å²) in [5, 5.41) is 44.9. The van der Waals surface area contributed by atoms with Gasteiger partial charge in [0, 0.05) is 47.8 Å². The van der Waals surface area contributed by atoms with Crippen molar-refractivity contribution in [2.24, 2.45) is 0 Å². The smallest absolute Gasteiger partial charge is 0.321 e. The summed E-state index contributed by atoms with van der Waals surface area (Å²) in [5.74, 6) is -4.12. The lowest BCUT2D eigenvalue weighted by Crippen LogP contribution is -2.05. The van der Waals surface area contributed by atoms with Crippen LogP contribution in [-0.4, -0.2) is 110 Å². The number of nitrogens with zero attached hydrogens (tertiary/aromatic N) is 4. The quantitative estimate of drug-likeness (QED) is 0.0109. The van der Waals surface area contributed by atoms with E-state index in [4.69, 9.17) is 49.4 Å². The lowest BCUT2D eigenvalue weighted by atomic mass is 10.1. The van der Waals surface area contributed by atoms with E-state index < -0.39 is 83.9 Å². The molecule has 0 saturated carbocycles. The first-order valence-electron chi connectivity index (χ1n) is 30.4. The van der Waals surface area contributed by atoms with Crippen LogP contribution in [0, 0.1) is 77.6 Å². The maximum absolute atomic E-state index is 14.4. The van der Waals surface area contributed by atoms with Crippen LogP contribution in [0.2, 0.25) is 0 Å². The van der Waals surface area contributed by atoms with E-state index >= 15 is 0 Å². The molecule has 0 saturated heterocycles. The number of methoxy groups -OCH3 is 8. The minimum absolute atomic E-state index is 0.0176. The molecule has 0 aliphatic carbocycles. The van der Waals surface area contributed by atoms with Crippen molar-refractivity contribution in [1.82, 2.24) is 9.97 Å². The minimum Gasteiger partial charge on any atom is -0.493 e. The zero-order chi connectivity index (χ0) is 78.0. The van der Waals surface area contributed by atoms with Crippen molar-refractivity contribution in [3.63, 3.8) is 0 Å². The third-order valence-electron chi connectivity index (χ3n) is 14.9. The third-order valence-corrected chi connectivity index (χ3v) is 14.9. The highest BCUT2D eigenvalue weighted by atomic mass is 19.1. The average Bonchev–Trinajstić information content (AvgIpc) is 1.61. The number of ether oxygens (including phenoxy) is 12. The standard InChI is InChI=1S/2C19H17FN2O6.2C16H15FN2O6/c1-10-6-12-18(21-10)16(9-13(20)19(12)22(24)25)28-14-5-4-11(7-15(14)26-2)8-17(23)27-3;1-10-6-12-18(21-10)13(20)9-16(19(12)22(24)25)28-14-5-4-11(7-15(14)26-2)8-17(23)27-3;1-23-15-5-9(6-16(20)24-2)3-4-13(15)25-14-7-10(17)12(19(21)22)8-11(14)18;1-23-15-5-9(6-16(20)24-2)3-4-13(15)25-14-7-10(17)11(18)8-12(14)19(21)22/h2*4-7,9,21H,8H2,1-3H3;2*3-5,7-8H,6,18H2,1-2H3. The van der Waals surface area contributed by atoms with Crippen LogP contribution in [-0.2, 0) is 63.8 Å². The Morgan fingerprint density at radius 1 is 0.349 bits per heavy atom. The molecule has 0 fully saturated rings. The molecule has 10 rings (SSSR count). The molecule has 10 aromatic rings. The minimum atomic E-state index is -1.07. The number of rotatable bonds is 24. The number of fused-ring (bicyclic) bond motifs is 2. The normalized spacial score (nSPS) is 10.5. The Bertz CT molecular complexity index is 5030. The van der Waals surface area contributed by atoms with Crippen molar-refractivity contribution in [1.29, 1.82) is 0 Å². The number of carbonyl (C=O) groups excluding carboxylic acids is 4. The molecule has 0 unspecified atom stereocenters. The predicted molar refractivity (Wildman–Crippen MR) is 369 cm³/mol. The zero-order valence-electron chi connectivity index (χ0n) is 57.6. The molecule has 0 atom stereocenters. The van der Waals surface area contributed by atoms with Gasteiger partial charge in [0.05, 0.1) is 135 Å².